The molecule has 0 spiro atoms. The van der Waals surface area contributed by atoms with Crippen molar-refractivity contribution >= 4 is 5.97 Å². The molecule has 1 N–H and O–H groups in total. The lowest BCUT2D eigenvalue weighted by atomic mass is 9.97. The van der Waals surface area contributed by atoms with E-state index in [4.69, 9.17) is 14.6 Å². The predicted octanol–water partition coefficient (Wildman–Crippen LogP) is 2.20. The fraction of sp³-hybridized carbons (Fsp3) is 0.417. The number of aryl methyl sites for hydroxylation is 1. The van der Waals surface area contributed by atoms with Crippen molar-refractivity contribution in [1.29, 1.82) is 0 Å². The van der Waals surface area contributed by atoms with E-state index in [0.717, 1.165) is 5.56 Å². The normalized spacial score (nSPS) is 12.0. The van der Waals surface area contributed by atoms with Gasteiger partial charge in [0.25, 0.3) is 0 Å². The van der Waals surface area contributed by atoms with Crippen molar-refractivity contribution in [3.05, 3.63) is 23.3 Å². The van der Waals surface area contributed by atoms with Crippen molar-refractivity contribution in [2.75, 3.05) is 14.2 Å². The highest BCUT2D eigenvalue weighted by Gasteiger charge is 2.20. The Balaban J connectivity index is 3.33. The van der Waals surface area contributed by atoms with Crippen LogP contribution in [0.1, 0.15) is 24.0 Å². The highest BCUT2D eigenvalue weighted by atomic mass is 16.5. The molecule has 0 aliphatic rings. The van der Waals surface area contributed by atoms with Crippen LogP contribution in [0.4, 0.5) is 0 Å². The van der Waals surface area contributed by atoms with E-state index in [9.17, 15) is 4.79 Å². The maximum atomic E-state index is 11.0. The summed E-state index contributed by atoms with van der Waals surface area (Å²) in [5.74, 6) is -0.258. The molecular formula is C12H16O4. The lowest BCUT2D eigenvalue weighted by Gasteiger charge is -2.16. The van der Waals surface area contributed by atoms with E-state index in [0.29, 0.717) is 17.1 Å². The minimum absolute atomic E-state index is 0.607. The number of aliphatic carboxylic acids is 1. The van der Waals surface area contributed by atoms with Gasteiger partial charge in [0.15, 0.2) is 0 Å². The quantitative estimate of drug-likeness (QED) is 0.851. The zero-order valence-corrected chi connectivity index (χ0v) is 9.90. The standard InChI is InChI=1S/C12H16O4/c1-7-5-9(15-3)6-10(11(7)16-4)8(2)12(13)14/h5-6,8H,1-4H3,(H,13,14). The monoisotopic (exact) mass is 224 g/mol. The summed E-state index contributed by atoms with van der Waals surface area (Å²) in [5, 5.41) is 9.01. The van der Waals surface area contributed by atoms with Gasteiger partial charge in [-0.15, -0.1) is 0 Å². The van der Waals surface area contributed by atoms with Gasteiger partial charge in [0.2, 0.25) is 0 Å². The molecule has 0 radical (unpaired) electrons. The topological polar surface area (TPSA) is 55.8 Å². The van der Waals surface area contributed by atoms with E-state index in [1.807, 2.05) is 13.0 Å². The van der Waals surface area contributed by atoms with Gasteiger partial charge in [0, 0.05) is 5.56 Å². The van der Waals surface area contributed by atoms with Crippen LogP contribution in [0.15, 0.2) is 12.1 Å². The third kappa shape index (κ3) is 2.27. The number of carboxylic acid groups (broad SMARTS) is 1. The van der Waals surface area contributed by atoms with Crippen LogP contribution in [0.2, 0.25) is 0 Å². The van der Waals surface area contributed by atoms with Crippen LogP contribution >= 0.6 is 0 Å². The molecule has 0 amide bonds. The molecule has 0 heterocycles. The molecule has 0 bridgehead atoms. The first kappa shape index (κ1) is 12.4. The third-order valence-corrected chi connectivity index (χ3v) is 2.55. The van der Waals surface area contributed by atoms with Crippen LogP contribution in [0.3, 0.4) is 0 Å². The van der Waals surface area contributed by atoms with Gasteiger partial charge in [0.1, 0.15) is 11.5 Å². The second kappa shape index (κ2) is 4.88. The van der Waals surface area contributed by atoms with Gasteiger partial charge in [-0.2, -0.15) is 0 Å². The molecule has 1 atom stereocenters. The van der Waals surface area contributed by atoms with Crippen molar-refractivity contribution in [3.8, 4) is 11.5 Å². The summed E-state index contributed by atoms with van der Waals surface area (Å²) in [7, 11) is 3.09. The number of rotatable bonds is 4. The molecule has 0 aliphatic carbocycles. The summed E-state index contributed by atoms with van der Waals surface area (Å²) >= 11 is 0. The van der Waals surface area contributed by atoms with E-state index >= 15 is 0 Å². The zero-order chi connectivity index (χ0) is 12.3. The lowest BCUT2D eigenvalue weighted by Crippen LogP contribution is -2.10. The molecule has 1 rings (SSSR count). The maximum absolute atomic E-state index is 11.0. The fourth-order valence-corrected chi connectivity index (χ4v) is 1.62. The second-order valence-electron chi connectivity index (χ2n) is 3.63. The Labute approximate surface area is 94.8 Å². The molecule has 1 aromatic carbocycles. The van der Waals surface area contributed by atoms with Gasteiger partial charge in [-0.05, 0) is 31.5 Å². The van der Waals surface area contributed by atoms with Gasteiger partial charge >= 0.3 is 5.97 Å². The summed E-state index contributed by atoms with van der Waals surface area (Å²) in [6, 6.07) is 3.52. The number of carboxylic acids is 1. The average molecular weight is 224 g/mol. The van der Waals surface area contributed by atoms with Gasteiger partial charge in [-0.1, -0.05) is 0 Å². The van der Waals surface area contributed by atoms with Crippen molar-refractivity contribution in [2.45, 2.75) is 19.8 Å². The molecule has 4 heteroatoms. The van der Waals surface area contributed by atoms with E-state index in [1.165, 1.54) is 7.11 Å². The largest absolute Gasteiger partial charge is 0.497 e. The first-order valence-corrected chi connectivity index (χ1v) is 4.96. The highest BCUT2D eigenvalue weighted by Crippen LogP contribution is 2.33. The summed E-state index contributed by atoms with van der Waals surface area (Å²) in [6.07, 6.45) is 0. The smallest absolute Gasteiger partial charge is 0.310 e. The van der Waals surface area contributed by atoms with Crippen molar-refractivity contribution in [1.82, 2.24) is 0 Å². The molecule has 16 heavy (non-hydrogen) atoms. The van der Waals surface area contributed by atoms with Gasteiger partial charge in [-0.3, -0.25) is 4.79 Å². The summed E-state index contributed by atoms with van der Waals surface area (Å²) in [6.45, 7) is 3.48. The summed E-state index contributed by atoms with van der Waals surface area (Å²) in [4.78, 5) is 11.0. The Hall–Kier alpha value is -1.71. The minimum atomic E-state index is -0.883. The third-order valence-electron chi connectivity index (χ3n) is 2.55. The molecule has 0 aromatic heterocycles. The molecular weight excluding hydrogens is 208 g/mol. The van der Waals surface area contributed by atoms with E-state index < -0.39 is 11.9 Å². The van der Waals surface area contributed by atoms with Crippen LogP contribution < -0.4 is 9.47 Å². The van der Waals surface area contributed by atoms with Crippen LogP contribution in [0, 0.1) is 6.92 Å². The molecule has 0 fully saturated rings. The summed E-state index contributed by atoms with van der Waals surface area (Å²) < 4.78 is 10.3. The van der Waals surface area contributed by atoms with Crippen LogP contribution in [0.25, 0.3) is 0 Å². The maximum Gasteiger partial charge on any atom is 0.310 e. The second-order valence-corrected chi connectivity index (χ2v) is 3.63. The molecule has 0 saturated heterocycles. The number of carbonyl (C=O) groups is 1. The predicted molar refractivity (Wildman–Crippen MR) is 60.3 cm³/mol. The van der Waals surface area contributed by atoms with E-state index in [2.05, 4.69) is 0 Å². The number of methoxy groups -OCH3 is 2. The van der Waals surface area contributed by atoms with Gasteiger partial charge in [-0.25, -0.2) is 0 Å². The number of hydrogen-bond donors (Lipinski definition) is 1. The van der Waals surface area contributed by atoms with Gasteiger partial charge in [0.05, 0.1) is 20.1 Å². The molecule has 0 aliphatic heterocycles. The number of hydrogen-bond acceptors (Lipinski definition) is 3. The van der Waals surface area contributed by atoms with Crippen molar-refractivity contribution in [3.63, 3.8) is 0 Å². The van der Waals surface area contributed by atoms with Crippen LogP contribution in [-0.4, -0.2) is 25.3 Å². The number of benzene rings is 1. The van der Waals surface area contributed by atoms with Crippen LogP contribution in [-0.2, 0) is 4.79 Å². The minimum Gasteiger partial charge on any atom is -0.497 e. The van der Waals surface area contributed by atoms with Crippen molar-refractivity contribution in [2.24, 2.45) is 0 Å². The van der Waals surface area contributed by atoms with Crippen LogP contribution in [0.5, 0.6) is 11.5 Å². The Morgan fingerprint density at radius 1 is 1.31 bits per heavy atom. The SMILES string of the molecule is COc1cc(C)c(OC)c(C(C)C(=O)O)c1. The molecule has 4 nitrogen and oxygen atoms in total. The first-order valence-electron chi connectivity index (χ1n) is 4.96. The Morgan fingerprint density at radius 2 is 1.94 bits per heavy atom. The lowest BCUT2D eigenvalue weighted by molar-refractivity contribution is -0.138. The first-order chi connectivity index (χ1) is 7.51. The molecule has 1 aromatic rings. The highest BCUT2D eigenvalue weighted by molar-refractivity contribution is 5.77. The zero-order valence-electron chi connectivity index (χ0n) is 9.90. The Morgan fingerprint density at radius 3 is 2.38 bits per heavy atom. The molecule has 0 saturated carbocycles. The van der Waals surface area contributed by atoms with Crippen molar-refractivity contribution < 1.29 is 19.4 Å². The Kier molecular flexibility index (Phi) is 3.77. The average Bonchev–Trinajstić information content (AvgIpc) is 2.26. The van der Waals surface area contributed by atoms with E-state index in [-0.39, 0.29) is 0 Å². The Bertz CT molecular complexity index is 398. The van der Waals surface area contributed by atoms with Gasteiger partial charge < -0.3 is 14.6 Å². The number of ether oxygens (including phenoxy) is 2. The fourth-order valence-electron chi connectivity index (χ4n) is 1.62. The van der Waals surface area contributed by atoms with E-state index in [1.54, 1.807) is 20.1 Å². The molecule has 1 unspecified atom stereocenters. The molecule has 88 valence electrons. The summed E-state index contributed by atoms with van der Waals surface area (Å²) in [5.41, 5.74) is 1.50.